The smallest absolute Gasteiger partial charge is 0.348 e. The topological polar surface area (TPSA) is 128 Å². The SMILES string of the molecule is CCOC(=O)c1sc2nc(CN3CCN(S(=O)(=O)c4ccc(OC)cc4)CC3)nc(N)c2c1C. The van der Waals surface area contributed by atoms with Gasteiger partial charge in [-0.05, 0) is 43.7 Å². The fourth-order valence-corrected chi connectivity index (χ4v) is 6.43. The molecule has 0 bridgehead atoms. The summed E-state index contributed by atoms with van der Waals surface area (Å²) in [6.45, 7) is 6.08. The maximum atomic E-state index is 13.0. The second-order valence-electron chi connectivity index (χ2n) is 7.84. The number of nitrogens with two attached hydrogens (primary N) is 1. The fourth-order valence-electron chi connectivity index (χ4n) is 3.90. The molecule has 0 atom stereocenters. The average Bonchev–Trinajstić information content (AvgIpc) is 3.16. The Hall–Kier alpha value is -2.80. The third-order valence-electron chi connectivity index (χ3n) is 5.72. The quantitative estimate of drug-likeness (QED) is 0.481. The van der Waals surface area contributed by atoms with E-state index >= 15 is 0 Å². The summed E-state index contributed by atoms with van der Waals surface area (Å²) in [5, 5.41) is 0.673. The summed E-state index contributed by atoms with van der Waals surface area (Å²) in [5.74, 6) is 1.08. The molecule has 0 amide bonds. The molecule has 0 aliphatic carbocycles. The molecule has 34 heavy (non-hydrogen) atoms. The van der Waals surface area contributed by atoms with Gasteiger partial charge in [-0.15, -0.1) is 11.3 Å². The van der Waals surface area contributed by atoms with Crippen LogP contribution in [0.4, 0.5) is 5.82 Å². The predicted octanol–water partition coefficient (Wildman–Crippen LogP) is 2.27. The molecule has 1 aliphatic heterocycles. The fraction of sp³-hybridized carbons (Fsp3) is 0.409. The van der Waals surface area contributed by atoms with Crippen molar-refractivity contribution in [1.82, 2.24) is 19.2 Å². The number of benzene rings is 1. The number of piperazine rings is 1. The Balaban J connectivity index is 1.45. The van der Waals surface area contributed by atoms with Gasteiger partial charge in [0.05, 0.1) is 30.5 Å². The molecule has 1 aromatic carbocycles. The zero-order chi connectivity index (χ0) is 24.5. The van der Waals surface area contributed by atoms with Crippen LogP contribution in [0.3, 0.4) is 0 Å². The number of aryl methyl sites for hydroxylation is 1. The second kappa shape index (κ2) is 9.82. The van der Waals surface area contributed by atoms with Crippen molar-refractivity contribution >= 4 is 43.4 Å². The maximum Gasteiger partial charge on any atom is 0.348 e. The van der Waals surface area contributed by atoms with Crippen LogP contribution in [0.5, 0.6) is 5.75 Å². The minimum atomic E-state index is -3.58. The van der Waals surface area contributed by atoms with Gasteiger partial charge < -0.3 is 15.2 Å². The van der Waals surface area contributed by atoms with Crippen LogP contribution in [0, 0.1) is 6.92 Å². The normalized spacial score (nSPS) is 15.5. The van der Waals surface area contributed by atoms with Gasteiger partial charge in [0.2, 0.25) is 10.0 Å². The number of nitrogen functional groups attached to an aromatic ring is 1. The first kappa shape index (κ1) is 24.3. The Morgan fingerprint density at radius 2 is 1.82 bits per heavy atom. The third-order valence-corrected chi connectivity index (χ3v) is 8.80. The van der Waals surface area contributed by atoms with E-state index in [1.165, 1.54) is 22.8 Å². The van der Waals surface area contributed by atoms with E-state index in [4.69, 9.17) is 15.2 Å². The molecule has 2 aromatic heterocycles. The summed E-state index contributed by atoms with van der Waals surface area (Å²) in [6, 6.07) is 6.39. The number of carbonyl (C=O) groups excluding carboxylic acids is 1. The average molecular weight is 506 g/mol. The van der Waals surface area contributed by atoms with Crippen molar-refractivity contribution in [2.24, 2.45) is 0 Å². The van der Waals surface area contributed by atoms with E-state index < -0.39 is 16.0 Å². The minimum Gasteiger partial charge on any atom is -0.497 e. The van der Waals surface area contributed by atoms with Gasteiger partial charge in [-0.2, -0.15) is 4.31 Å². The molecule has 0 unspecified atom stereocenters. The lowest BCUT2D eigenvalue weighted by molar-refractivity contribution is 0.0531. The molecule has 1 aliphatic rings. The molecule has 12 heteroatoms. The van der Waals surface area contributed by atoms with Crippen molar-refractivity contribution in [3.8, 4) is 5.75 Å². The van der Waals surface area contributed by atoms with E-state index in [1.807, 2.05) is 6.92 Å². The molecular weight excluding hydrogens is 478 g/mol. The maximum absolute atomic E-state index is 13.0. The number of fused-ring (bicyclic) bond motifs is 1. The van der Waals surface area contributed by atoms with Crippen molar-refractivity contribution in [3.63, 3.8) is 0 Å². The first-order valence-electron chi connectivity index (χ1n) is 10.8. The number of esters is 1. The number of aromatic nitrogens is 2. The van der Waals surface area contributed by atoms with Gasteiger partial charge in [0.1, 0.15) is 27.1 Å². The predicted molar refractivity (Wildman–Crippen MR) is 130 cm³/mol. The van der Waals surface area contributed by atoms with E-state index in [0.717, 1.165) is 5.56 Å². The van der Waals surface area contributed by atoms with Crippen LogP contribution >= 0.6 is 11.3 Å². The number of rotatable bonds is 7. The van der Waals surface area contributed by atoms with E-state index in [0.29, 0.717) is 71.8 Å². The highest BCUT2D eigenvalue weighted by molar-refractivity contribution is 7.89. The highest BCUT2D eigenvalue weighted by Gasteiger charge is 2.29. The van der Waals surface area contributed by atoms with Crippen LogP contribution < -0.4 is 10.5 Å². The van der Waals surface area contributed by atoms with Gasteiger partial charge in [0.25, 0.3) is 0 Å². The van der Waals surface area contributed by atoms with Crippen molar-refractivity contribution in [3.05, 3.63) is 40.5 Å². The summed E-state index contributed by atoms with van der Waals surface area (Å²) in [5.41, 5.74) is 6.93. The van der Waals surface area contributed by atoms with Gasteiger partial charge in [-0.25, -0.2) is 23.2 Å². The summed E-state index contributed by atoms with van der Waals surface area (Å²) < 4.78 is 37.7. The van der Waals surface area contributed by atoms with Gasteiger partial charge >= 0.3 is 5.97 Å². The van der Waals surface area contributed by atoms with Crippen LogP contribution in [-0.4, -0.2) is 73.5 Å². The van der Waals surface area contributed by atoms with Crippen LogP contribution in [0.15, 0.2) is 29.2 Å². The lowest BCUT2D eigenvalue weighted by atomic mass is 10.2. The largest absolute Gasteiger partial charge is 0.497 e. The number of thiophene rings is 1. The van der Waals surface area contributed by atoms with E-state index in [-0.39, 0.29) is 4.90 Å². The zero-order valence-corrected chi connectivity index (χ0v) is 20.9. The zero-order valence-electron chi connectivity index (χ0n) is 19.3. The van der Waals surface area contributed by atoms with E-state index in [2.05, 4.69) is 14.9 Å². The van der Waals surface area contributed by atoms with Gasteiger partial charge in [-0.1, -0.05) is 0 Å². The molecule has 1 saturated heterocycles. The number of sulfonamides is 1. The van der Waals surface area contributed by atoms with Crippen LogP contribution in [0.1, 0.15) is 28.0 Å². The second-order valence-corrected chi connectivity index (χ2v) is 10.8. The Morgan fingerprint density at radius 1 is 1.15 bits per heavy atom. The summed E-state index contributed by atoms with van der Waals surface area (Å²) >= 11 is 1.25. The first-order chi connectivity index (χ1) is 16.2. The molecule has 0 spiro atoms. The van der Waals surface area contributed by atoms with Gasteiger partial charge in [0.15, 0.2) is 0 Å². The molecule has 1 fully saturated rings. The van der Waals surface area contributed by atoms with Crippen molar-refractivity contribution in [2.45, 2.75) is 25.3 Å². The standard InChI is InChI=1S/C22H27N5O5S2/c1-4-32-22(28)19-14(2)18-20(23)24-17(25-21(18)33-19)13-26-9-11-27(12-10-26)34(29,30)16-7-5-15(31-3)6-8-16/h5-8H,4,9-13H2,1-3H3,(H2,23,24,25). The monoisotopic (exact) mass is 505 g/mol. The van der Waals surface area contributed by atoms with Crippen molar-refractivity contribution in [2.75, 3.05) is 45.6 Å². The molecule has 10 nitrogen and oxygen atoms in total. The Morgan fingerprint density at radius 3 is 2.44 bits per heavy atom. The Bertz CT molecular complexity index is 1300. The lowest BCUT2D eigenvalue weighted by Gasteiger charge is -2.33. The summed E-state index contributed by atoms with van der Waals surface area (Å²) in [7, 11) is -2.04. The van der Waals surface area contributed by atoms with Crippen LogP contribution in [0.2, 0.25) is 0 Å². The Kier molecular flexibility index (Phi) is 7.03. The van der Waals surface area contributed by atoms with E-state index in [9.17, 15) is 13.2 Å². The molecule has 0 saturated carbocycles. The number of anilines is 1. The number of hydrogen-bond acceptors (Lipinski definition) is 10. The number of ether oxygens (including phenoxy) is 2. The highest BCUT2D eigenvalue weighted by Crippen LogP contribution is 2.33. The van der Waals surface area contributed by atoms with Crippen molar-refractivity contribution in [1.29, 1.82) is 0 Å². The molecule has 3 heterocycles. The third kappa shape index (κ3) is 4.71. The molecule has 4 rings (SSSR count). The minimum absolute atomic E-state index is 0.244. The van der Waals surface area contributed by atoms with Gasteiger partial charge in [0, 0.05) is 26.2 Å². The molecule has 0 radical (unpaired) electrons. The lowest BCUT2D eigenvalue weighted by Crippen LogP contribution is -2.48. The first-order valence-corrected chi connectivity index (χ1v) is 13.1. The Labute approximate surface area is 202 Å². The molecule has 3 aromatic rings. The molecular formula is C22H27N5O5S2. The molecule has 182 valence electrons. The van der Waals surface area contributed by atoms with E-state index in [1.54, 1.807) is 31.2 Å². The highest BCUT2D eigenvalue weighted by atomic mass is 32.2. The van der Waals surface area contributed by atoms with Crippen LogP contribution in [0.25, 0.3) is 10.2 Å². The summed E-state index contributed by atoms with van der Waals surface area (Å²) in [4.78, 5) is 24.7. The van der Waals surface area contributed by atoms with Gasteiger partial charge in [-0.3, -0.25) is 4.90 Å². The number of methoxy groups -OCH3 is 1. The molecule has 2 N–H and O–H groups in total. The van der Waals surface area contributed by atoms with Crippen molar-refractivity contribution < 1.29 is 22.7 Å². The summed E-state index contributed by atoms with van der Waals surface area (Å²) in [6.07, 6.45) is 0. The van der Waals surface area contributed by atoms with Crippen LogP contribution in [-0.2, 0) is 21.3 Å². The number of hydrogen-bond donors (Lipinski definition) is 1. The number of carbonyl (C=O) groups is 1. The number of nitrogens with zero attached hydrogens (tertiary/aromatic N) is 4.